The Morgan fingerprint density at radius 2 is 1.64 bits per heavy atom. The molecule has 4 rings (SSSR count). The van der Waals surface area contributed by atoms with Crippen molar-refractivity contribution in [2.24, 2.45) is 0 Å². The van der Waals surface area contributed by atoms with Gasteiger partial charge in [0, 0.05) is 0 Å². The Bertz CT molecular complexity index is 1450. The van der Waals surface area contributed by atoms with E-state index in [2.05, 4.69) is 0 Å². The van der Waals surface area contributed by atoms with Crippen molar-refractivity contribution in [2.45, 2.75) is 18.4 Å². The van der Waals surface area contributed by atoms with Crippen LogP contribution >= 0.6 is 11.8 Å². The molecule has 8 nitrogen and oxygen atoms in total. The predicted octanol–water partition coefficient (Wildman–Crippen LogP) is 5.02. The third-order valence-corrected chi connectivity index (χ3v) is 7.65. The second-order valence-corrected chi connectivity index (χ2v) is 10.4. The highest BCUT2D eigenvalue weighted by Gasteiger charge is 2.35. The van der Waals surface area contributed by atoms with E-state index in [0.717, 1.165) is 22.9 Å². The summed E-state index contributed by atoms with van der Waals surface area (Å²) in [5.41, 5.74) is 2.43. The molecule has 1 fully saturated rings. The van der Waals surface area contributed by atoms with E-state index >= 15 is 0 Å². The lowest BCUT2D eigenvalue weighted by molar-refractivity contribution is -0.123. The van der Waals surface area contributed by atoms with Crippen molar-refractivity contribution >= 4 is 39.1 Å². The summed E-state index contributed by atoms with van der Waals surface area (Å²) in [4.78, 5) is 26.9. The summed E-state index contributed by atoms with van der Waals surface area (Å²) in [5, 5.41) is -0.355. The van der Waals surface area contributed by atoms with E-state index in [0.29, 0.717) is 11.3 Å². The van der Waals surface area contributed by atoms with Gasteiger partial charge in [0.25, 0.3) is 11.1 Å². The van der Waals surface area contributed by atoms with Crippen LogP contribution in [0, 0.1) is 6.92 Å². The van der Waals surface area contributed by atoms with Gasteiger partial charge in [-0.1, -0.05) is 30.3 Å². The fourth-order valence-corrected chi connectivity index (χ4v) is 5.28. The molecule has 1 saturated heterocycles. The zero-order valence-corrected chi connectivity index (χ0v) is 21.4. The van der Waals surface area contributed by atoms with Gasteiger partial charge in [-0.25, -0.2) is 0 Å². The van der Waals surface area contributed by atoms with Gasteiger partial charge in [0.15, 0.2) is 11.5 Å². The number of ether oxygens (including phenoxy) is 2. The Balaban J connectivity index is 1.54. The maximum Gasteiger partial charge on any atom is 0.339 e. The monoisotopic (exact) mass is 525 g/mol. The minimum Gasteiger partial charge on any atom is -0.497 e. The first kappa shape index (κ1) is 25.3. The number of carbonyl (C=O) groups is 2. The van der Waals surface area contributed by atoms with Crippen LogP contribution in [0.1, 0.15) is 16.7 Å². The van der Waals surface area contributed by atoms with E-state index in [4.69, 9.17) is 13.7 Å². The number of aryl methyl sites for hydroxylation is 1. The minimum absolute atomic E-state index is 0.0156. The normalized spacial score (nSPS) is 14.9. The van der Waals surface area contributed by atoms with Crippen LogP contribution in [0.15, 0.2) is 76.5 Å². The fourth-order valence-electron chi connectivity index (χ4n) is 3.50. The Morgan fingerprint density at radius 1 is 0.917 bits per heavy atom. The SMILES string of the molecule is COc1ccc(S(=O)(=O)Oc2ccc(/C=C3\SC(=O)N(Cc4ccccc4C)C3=O)cc2OC)cc1. The summed E-state index contributed by atoms with van der Waals surface area (Å²) in [7, 11) is -1.26. The summed E-state index contributed by atoms with van der Waals surface area (Å²) < 4.78 is 41.1. The number of thioether (sulfide) groups is 1. The Kier molecular flexibility index (Phi) is 7.37. The molecular weight excluding hydrogens is 502 g/mol. The van der Waals surface area contributed by atoms with Crippen molar-refractivity contribution in [1.29, 1.82) is 0 Å². The van der Waals surface area contributed by atoms with Crippen LogP contribution in [0.4, 0.5) is 4.79 Å². The highest BCUT2D eigenvalue weighted by atomic mass is 32.2. The molecule has 0 spiro atoms. The number of imide groups is 1. The molecule has 0 aromatic heterocycles. The third-order valence-electron chi connectivity index (χ3n) is 5.50. The van der Waals surface area contributed by atoms with E-state index < -0.39 is 16.0 Å². The van der Waals surface area contributed by atoms with Gasteiger partial charge in [-0.05, 0) is 77.9 Å². The standard InChI is InChI=1S/C26H23NO7S2/c1-17-6-4-5-7-19(17)16-27-25(28)24(35-26(27)29)15-18-8-13-22(23(14-18)33-3)34-36(30,31)21-11-9-20(32-2)10-12-21/h4-15H,16H2,1-3H3/b24-15-. The van der Waals surface area contributed by atoms with Crippen LogP contribution in [0.5, 0.6) is 17.2 Å². The number of rotatable bonds is 8. The van der Waals surface area contributed by atoms with Gasteiger partial charge >= 0.3 is 10.1 Å². The molecule has 3 aromatic carbocycles. The van der Waals surface area contributed by atoms with Crippen molar-refractivity contribution in [2.75, 3.05) is 14.2 Å². The van der Waals surface area contributed by atoms with Crippen molar-refractivity contribution in [3.63, 3.8) is 0 Å². The van der Waals surface area contributed by atoms with E-state index in [9.17, 15) is 18.0 Å². The molecule has 3 aromatic rings. The molecule has 1 aliphatic rings. The largest absolute Gasteiger partial charge is 0.497 e. The van der Waals surface area contributed by atoms with Gasteiger partial charge in [-0.15, -0.1) is 0 Å². The van der Waals surface area contributed by atoms with Gasteiger partial charge in [-0.2, -0.15) is 8.42 Å². The van der Waals surface area contributed by atoms with E-state index in [1.165, 1.54) is 55.5 Å². The molecule has 10 heteroatoms. The van der Waals surface area contributed by atoms with Gasteiger partial charge in [0.2, 0.25) is 0 Å². The Labute approximate surface area is 213 Å². The average Bonchev–Trinajstić information content (AvgIpc) is 3.13. The number of amides is 2. The summed E-state index contributed by atoms with van der Waals surface area (Å²) in [6, 6.07) is 17.9. The van der Waals surface area contributed by atoms with Crippen LogP contribution in [-0.4, -0.2) is 38.7 Å². The van der Waals surface area contributed by atoms with Crippen LogP contribution in [-0.2, 0) is 21.5 Å². The van der Waals surface area contributed by atoms with Gasteiger partial charge in [0.1, 0.15) is 10.6 Å². The van der Waals surface area contributed by atoms with Crippen molar-refractivity contribution in [3.05, 3.63) is 88.3 Å². The minimum atomic E-state index is -4.12. The highest BCUT2D eigenvalue weighted by molar-refractivity contribution is 8.18. The quantitative estimate of drug-likeness (QED) is 0.299. The van der Waals surface area contributed by atoms with E-state index in [-0.39, 0.29) is 33.1 Å². The summed E-state index contributed by atoms with van der Waals surface area (Å²) in [6.45, 7) is 2.11. The van der Waals surface area contributed by atoms with Crippen molar-refractivity contribution in [3.8, 4) is 17.2 Å². The molecule has 36 heavy (non-hydrogen) atoms. The Morgan fingerprint density at radius 3 is 2.31 bits per heavy atom. The number of hydrogen-bond donors (Lipinski definition) is 0. The van der Waals surface area contributed by atoms with Gasteiger partial charge in [-0.3, -0.25) is 14.5 Å². The third kappa shape index (κ3) is 5.39. The molecule has 0 atom stereocenters. The Hall–Kier alpha value is -3.76. The molecule has 1 heterocycles. The molecule has 186 valence electrons. The maximum atomic E-state index is 12.9. The van der Waals surface area contributed by atoms with Crippen LogP contribution in [0.3, 0.4) is 0 Å². The molecule has 0 radical (unpaired) electrons. The molecule has 0 bridgehead atoms. The number of benzene rings is 3. The van der Waals surface area contributed by atoms with Crippen LogP contribution < -0.4 is 13.7 Å². The van der Waals surface area contributed by atoms with E-state index in [1.54, 1.807) is 12.1 Å². The summed E-state index contributed by atoms with van der Waals surface area (Å²) in [5.74, 6) is 0.256. The van der Waals surface area contributed by atoms with Crippen LogP contribution in [0.25, 0.3) is 6.08 Å². The molecule has 2 amide bonds. The fraction of sp³-hybridized carbons (Fsp3) is 0.154. The van der Waals surface area contributed by atoms with Crippen molar-refractivity contribution in [1.82, 2.24) is 4.90 Å². The second-order valence-electron chi connectivity index (χ2n) is 7.82. The topological polar surface area (TPSA) is 99.2 Å². The molecular formula is C26H23NO7S2. The van der Waals surface area contributed by atoms with Gasteiger partial charge < -0.3 is 13.7 Å². The number of methoxy groups -OCH3 is 2. The number of hydrogen-bond acceptors (Lipinski definition) is 8. The number of carbonyl (C=O) groups excluding carboxylic acids is 2. The predicted molar refractivity (Wildman–Crippen MR) is 136 cm³/mol. The summed E-state index contributed by atoms with van der Waals surface area (Å²) in [6.07, 6.45) is 1.56. The van der Waals surface area contributed by atoms with E-state index in [1.807, 2.05) is 31.2 Å². The molecule has 1 aliphatic heterocycles. The maximum absolute atomic E-state index is 12.9. The molecule has 0 saturated carbocycles. The lowest BCUT2D eigenvalue weighted by Gasteiger charge is -2.14. The number of nitrogens with zero attached hydrogens (tertiary/aromatic N) is 1. The molecule has 0 N–H and O–H groups in total. The molecule has 0 aliphatic carbocycles. The smallest absolute Gasteiger partial charge is 0.339 e. The highest BCUT2D eigenvalue weighted by Crippen LogP contribution is 2.36. The zero-order valence-electron chi connectivity index (χ0n) is 19.8. The first-order valence-electron chi connectivity index (χ1n) is 10.8. The zero-order chi connectivity index (χ0) is 25.9. The summed E-state index contributed by atoms with van der Waals surface area (Å²) >= 11 is 0.850. The van der Waals surface area contributed by atoms with Gasteiger partial charge in [0.05, 0.1) is 25.7 Å². The molecule has 0 unspecified atom stereocenters. The lowest BCUT2D eigenvalue weighted by atomic mass is 10.1. The van der Waals surface area contributed by atoms with Crippen molar-refractivity contribution < 1.29 is 31.7 Å². The van der Waals surface area contributed by atoms with Crippen LogP contribution in [0.2, 0.25) is 0 Å². The lowest BCUT2D eigenvalue weighted by Crippen LogP contribution is -2.27. The first-order valence-corrected chi connectivity index (χ1v) is 13.0. The average molecular weight is 526 g/mol. The second kappa shape index (κ2) is 10.5. The first-order chi connectivity index (χ1) is 17.2.